The monoisotopic (exact) mass is 194 g/mol. The SMILES string of the molecule is N=C(N)NN=C=S.OCCS. The lowest BCUT2D eigenvalue weighted by atomic mass is 10.9. The van der Waals surface area contributed by atoms with E-state index in [0.29, 0.717) is 5.75 Å². The number of hydrazone groups is 1. The Labute approximate surface area is 75.6 Å². The fraction of sp³-hybridized carbons (Fsp3) is 0.500. The van der Waals surface area contributed by atoms with Crippen molar-refractivity contribution in [3.63, 3.8) is 0 Å². The minimum absolute atomic E-state index is 0.184. The van der Waals surface area contributed by atoms with Gasteiger partial charge in [0.15, 0.2) is 0 Å². The largest absolute Gasteiger partial charge is 0.396 e. The molecule has 0 spiro atoms. The molecule has 5 N–H and O–H groups in total. The summed E-state index contributed by atoms with van der Waals surface area (Å²) in [4.78, 5) is 0. The average Bonchev–Trinajstić information content (AvgIpc) is 2.01. The number of thiocarbonyl (C=S) groups is 1. The summed E-state index contributed by atoms with van der Waals surface area (Å²) in [5.41, 5.74) is 6.84. The molecule has 0 rings (SSSR count). The average molecular weight is 194 g/mol. The van der Waals surface area contributed by atoms with Crippen LogP contribution in [0, 0.1) is 5.41 Å². The number of nitrogens with two attached hydrogens (primary N) is 1. The number of isothiocyanates is 1. The summed E-state index contributed by atoms with van der Waals surface area (Å²) in [7, 11) is 0. The highest BCUT2D eigenvalue weighted by atomic mass is 32.1. The summed E-state index contributed by atoms with van der Waals surface area (Å²) < 4.78 is 0. The topological polar surface area (TPSA) is 94.5 Å². The second kappa shape index (κ2) is 12.1. The summed E-state index contributed by atoms with van der Waals surface area (Å²) in [6.45, 7) is 0.184. The molecule has 0 saturated carbocycles. The fourth-order valence-corrected chi connectivity index (χ4v) is 0.129. The number of aliphatic hydroxyl groups excluding tert-OH is 1. The van der Waals surface area contributed by atoms with Crippen LogP contribution in [0.2, 0.25) is 0 Å². The smallest absolute Gasteiger partial charge is 0.207 e. The summed E-state index contributed by atoms with van der Waals surface area (Å²) in [6, 6.07) is 0. The molecule has 0 aromatic heterocycles. The van der Waals surface area contributed by atoms with Gasteiger partial charge >= 0.3 is 0 Å². The van der Waals surface area contributed by atoms with Gasteiger partial charge in [-0.1, -0.05) is 0 Å². The Balaban J connectivity index is 0. The van der Waals surface area contributed by atoms with Crippen LogP contribution in [0.15, 0.2) is 5.10 Å². The number of thiol groups is 1. The van der Waals surface area contributed by atoms with E-state index in [9.17, 15) is 0 Å². The van der Waals surface area contributed by atoms with E-state index in [1.807, 2.05) is 5.16 Å². The van der Waals surface area contributed by atoms with Crippen LogP contribution in [0.25, 0.3) is 0 Å². The van der Waals surface area contributed by atoms with Crippen molar-refractivity contribution in [1.82, 2.24) is 5.43 Å². The van der Waals surface area contributed by atoms with Gasteiger partial charge in [0, 0.05) is 5.75 Å². The molecule has 64 valence electrons. The van der Waals surface area contributed by atoms with Crippen molar-refractivity contribution in [2.24, 2.45) is 10.8 Å². The van der Waals surface area contributed by atoms with Gasteiger partial charge in [0.1, 0.15) is 0 Å². The summed E-state index contributed by atoms with van der Waals surface area (Å²) >= 11 is 7.81. The molecule has 0 aliphatic carbocycles. The number of hydrogen-bond donors (Lipinski definition) is 5. The van der Waals surface area contributed by atoms with Crippen molar-refractivity contribution in [3.05, 3.63) is 0 Å². The van der Waals surface area contributed by atoms with Crippen molar-refractivity contribution in [2.45, 2.75) is 0 Å². The molecule has 0 fully saturated rings. The van der Waals surface area contributed by atoms with Crippen molar-refractivity contribution >= 4 is 36.0 Å². The normalized spacial score (nSPS) is 6.73. The third kappa shape index (κ3) is 26.6. The number of guanidine groups is 1. The Morgan fingerprint density at radius 3 is 2.45 bits per heavy atom. The lowest BCUT2D eigenvalue weighted by molar-refractivity contribution is 0.323. The summed E-state index contributed by atoms with van der Waals surface area (Å²) in [5.74, 6) is 0.331. The molecule has 0 unspecified atom stereocenters. The van der Waals surface area contributed by atoms with Gasteiger partial charge in [-0.15, -0.1) is 5.10 Å². The van der Waals surface area contributed by atoms with E-state index in [-0.39, 0.29) is 12.6 Å². The molecule has 0 saturated heterocycles. The van der Waals surface area contributed by atoms with Gasteiger partial charge in [0.05, 0.1) is 11.8 Å². The van der Waals surface area contributed by atoms with Gasteiger partial charge in [-0.05, 0) is 12.2 Å². The van der Waals surface area contributed by atoms with Crippen LogP contribution in [0.3, 0.4) is 0 Å². The first-order valence-electron chi connectivity index (χ1n) is 2.57. The molecule has 0 heterocycles. The third-order valence-electron chi connectivity index (χ3n) is 0.322. The minimum Gasteiger partial charge on any atom is -0.396 e. The zero-order chi connectivity index (χ0) is 9.11. The molecular formula is C4H10N4OS2. The molecule has 0 atom stereocenters. The molecule has 0 bridgehead atoms. The molecule has 7 heteroatoms. The van der Waals surface area contributed by atoms with Crippen LogP contribution in [0.1, 0.15) is 0 Å². The first-order chi connectivity index (χ1) is 5.18. The van der Waals surface area contributed by atoms with Gasteiger partial charge in [-0.25, -0.2) is 5.43 Å². The maximum atomic E-state index is 7.80. The maximum absolute atomic E-state index is 7.80. The van der Waals surface area contributed by atoms with E-state index in [1.165, 1.54) is 0 Å². The Morgan fingerprint density at radius 1 is 1.91 bits per heavy atom. The molecular weight excluding hydrogens is 184 g/mol. The van der Waals surface area contributed by atoms with E-state index < -0.39 is 0 Å². The van der Waals surface area contributed by atoms with E-state index >= 15 is 0 Å². The predicted molar refractivity (Wildman–Crippen MR) is 51.0 cm³/mol. The maximum Gasteiger partial charge on any atom is 0.207 e. The third-order valence-corrected chi connectivity index (χ3v) is 0.613. The van der Waals surface area contributed by atoms with E-state index in [2.05, 4.69) is 35.4 Å². The lowest BCUT2D eigenvalue weighted by Gasteiger charge is -1.86. The van der Waals surface area contributed by atoms with Crippen LogP contribution >= 0.6 is 24.8 Å². The molecule has 0 aliphatic rings. The summed E-state index contributed by atoms with van der Waals surface area (Å²) in [5, 5.41) is 19.4. The van der Waals surface area contributed by atoms with Crippen LogP contribution < -0.4 is 11.2 Å². The van der Waals surface area contributed by atoms with E-state index in [1.54, 1.807) is 0 Å². The second-order valence-electron chi connectivity index (χ2n) is 1.18. The Hall–Kier alpha value is -0.620. The zero-order valence-electron chi connectivity index (χ0n) is 5.74. The molecule has 5 nitrogen and oxygen atoms in total. The highest BCUT2D eigenvalue weighted by Crippen LogP contribution is 1.61. The molecule has 0 aliphatic heterocycles. The zero-order valence-corrected chi connectivity index (χ0v) is 7.45. The predicted octanol–water partition coefficient (Wildman–Crippen LogP) is -0.604. The van der Waals surface area contributed by atoms with Crippen molar-refractivity contribution < 1.29 is 5.11 Å². The van der Waals surface area contributed by atoms with Gasteiger partial charge in [-0.3, -0.25) is 5.41 Å². The van der Waals surface area contributed by atoms with Crippen molar-refractivity contribution in [1.29, 1.82) is 5.41 Å². The first kappa shape index (κ1) is 13.0. The molecule has 0 aromatic carbocycles. The highest BCUT2D eigenvalue weighted by Gasteiger charge is 1.72. The lowest BCUT2D eigenvalue weighted by Crippen LogP contribution is -2.24. The molecule has 0 aromatic rings. The Morgan fingerprint density at radius 2 is 2.36 bits per heavy atom. The number of hydrogen-bond acceptors (Lipinski definition) is 5. The number of nitrogens with zero attached hydrogens (tertiary/aromatic N) is 1. The van der Waals surface area contributed by atoms with E-state index in [0.717, 1.165) is 0 Å². The Kier molecular flexibility index (Phi) is 14.3. The van der Waals surface area contributed by atoms with Crippen molar-refractivity contribution in [3.8, 4) is 0 Å². The van der Waals surface area contributed by atoms with Gasteiger partial charge in [0.2, 0.25) is 5.96 Å². The number of nitrogens with one attached hydrogen (secondary N) is 2. The molecule has 11 heavy (non-hydrogen) atoms. The van der Waals surface area contributed by atoms with Gasteiger partial charge in [0.25, 0.3) is 0 Å². The van der Waals surface area contributed by atoms with Gasteiger partial charge < -0.3 is 10.8 Å². The number of aliphatic hydroxyl groups is 1. The van der Waals surface area contributed by atoms with Gasteiger partial charge in [-0.2, -0.15) is 12.6 Å². The van der Waals surface area contributed by atoms with Crippen LogP contribution in [-0.4, -0.2) is 28.6 Å². The van der Waals surface area contributed by atoms with Crippen molar-refractivity contribution in [2.75, 3.05) is 12.4 Å². The Bertz CT molecular complexity index is 143. The molecule has 0 amide bonds. The molecule has 0 radical (unpaired) electrons. The first-order valence-corrected chi connectivity index (χ1v) is 3.61. The van der Waals surface area contributed by atoms with E-state index in [4.69, 9.17) is 16.2 Å². The second-order valence-corrected chi connectivity index (χ2v) is 1.81. The number of rotatable bonds is 2. The highest BCUT2D eigenvalue weighted by molar-refractivity contribution is 7.80. The quantitative estimate of drug-likeness (QED) is 0.133. The fourth-order valence-electron chi connectivity index (χ4n) is 0.0830. The minimum atomic E-state index is -0.239. The van der Waals surface area contributed by atoms with Crippen LogP contribution in [-0.2, 0) is 0 Å². The standard InChI is InChI=1S/C2H4N4S.C2H6OS/c3-2(4)6-5-1-7;3-1-2-4/h(H4,3,4,6);3-4H,1-2H2. The summed E-state index contributed by atoms with van der Waals surface area (Å²) in [6.07, 6.45) is 0. The van der Waals surface area contributed by atoms with Crippen LogP contribution in [0.4, 0.5) is 0 Å². The van der Waals surface area contributed by atoms with Crippen LogP contribution in [0.5, 0.6) is 0 Å².